The van der Waals surface area contributed by atoms with E-state index in [2.05, 4.69) is 0 Å². The average Bonchev–Trinajstić information content (AvgIpc) is 2.59. The van der Waals surface area contributed by atoms with E-state index in [1.807, 2.05) is 11.8 Å². The molecule has 2 saturated heterocycles. The summed E-state index contributed by atoms with van der Waals surface area (Å²) in [7, 11) is -3.15. The van der Waals surface area contributed by atoms with Crippen molar-refractivity contribution in [3.05, 3.63) is 0 Å². The van der Waals surface area contributed by atoms with Gasteiger partial charge in [-0.05, 0) is 38.5 Å². The molecule has 134 valence electrons. The number of carbonyl (C=O) groups excluding carboxylic acids is 1. The summed E-state index contributed by atoms with van der Waals surface area (Å²) < 4.78 is 26.0. The fourth-order valence-corrected chi connectivity index (χ4v) is 5.29. The Morgan fingerprint density at radius 3 is 2.43 bits per heavy atom. The number of likely N-dealkylation sites (tertiary alicyclic amines) is 1. The molecule has 2 fully saturated rings. The van der Waals surface area contributed by atoms with Crippen molar-refractivity contribution < 1.29 is 13.2 Å². The molecule has 0 aromatic rings. The van der Waals surface area contributed by atoms with Crippen LogP contribution in [0.1, 0.15) is 51.9 Å². The van der Waals surface area contributed by atoms with Gasteiger partial charge in [0.15, 0.2) is 0 Å². The van der Waals surface area contributed by atoms with E-state index < -0.39 is 10.0 Å². The number of piperidine rings is 2. The molecule has 0 aliphatic carbocycles. The first-order chi connectivity index (χ1) is 11.0. The largest absolute Gasteiger partial charge is 0.338 e. The number of sulfonamides is 1. The minimum absolute atomic E-state index is 0.0419. The first kappa shape index (κ1) is 18.7. The predicted octanol–water partition coefficient (Wildman–Crippen LogP) is 1.17. The van der Waals surface area contributed by atoms with Gasteiger partial charge in [-0.2, -0.15) is 0 Å². The highest BCUT2D eigenvalue weighted by atomic mass is 32.2. The second-order valence-corrected chi connectivity index (χ2v) is 8.85. The third-order valence-corrected chi connectivity index (χ3v) is 7.09. The SMILES string of the molecule is CCCCS(=O)(=O)N1CCC(C(=O)N2CCCCC2CN)CC1. The van der Waals surface area contributed by atoms with Crippen LogP contribution in [-0.2, 0) is 14.8 Å². The van der Waals surface area contributed by atoms with Gasteiger partial charge in [0.25, 0.3) is 0 Å². The van der Waals surface area contributed by atoms with Gasteiger partial charge in [0.05, 0.1) is 5.75 Å². The first-order valence-corrected chi connectivity index (χ1v) is 10.6. The normalized spacial score (nSPS) is 24.8. The molecule has 7 heteroatoms. The van der Waals surface area contributed by atoms with Crippen molar-refractivity contribution >= 4 is 15.9 Å². The molecule has 2 N–H and O–H groups in total. The lowest BCUT2D eigenvalue weighted by Crippen LogP contribution is -2.51. The minimum atomic E-state index is -3.15. The Kier molecular flexibility index (Phi) is 6.85. The molecule has 0 radical (unpaired) electrons. The van der Waals surface area contributed by atoms with Crippen molar-refractivity contribution in [1.29, 1.82) is 0 Å². The van der Waals surface area contributed by atoms with Crippen LogP contribution in [0.4, 0.5) is 0 Å². The molecule has 0 aromatic carbocycles. The molecule has 0 aromatic heterocycles. The summed E-state index contributed by atoms with van der Waals surface area (Å²) in [5.41, 5.74) is 5.81. The van der Waals surface area contributed by atoms with Gasteiger partial charge < -0.3 is 10.6 Å². The van der Waals surface area contributed by atoms with Gasteiger partial charge >= 0.3 is 0 Å². The second-order valence-electron chi connectivity index (χ2n) is 6.76. The number of amides is 1. The Morgan fingerprint density at radius 1 is 1.13 bits per heavy atom. The van der Waals surface area contributed by atoms with E-state index in [1.54, 1.807) is 4.31 Å². The van der Waals surface area contributed by atoms with E-state index in [9.17, 15) is 13.2 Å². The van der Waals surface area contributed by atoms with Crippen molar-refractivity contribution in [2.24, 2.45) is 11.7 Å². The molecule has 2 aliphatic heterocycles. The van der Waals surface area contributed by atoms with Gasteiger partial charge in [-0.1, -0.05) is 13.3 Å². The number of hydrogen-bond acceptors (Lipinski definition) is 4. The third-order valence-electron chi connectivity index (χ3n) is 5.13. The van der Waals surface area contributed by atoms with Crippen LogP contribution < -0.4 is 5.73 Å². The quantitative estimate of drug-likeness (QED) is 0.783. The third kappa shape index (κ3) is 4.67. The zero-order chi connectivity index (χ0) is 16.9. The molecule has 0 bridgehead atoms. The maximum atomic E-state index is 12.8. The lowest BCUT2D eigenvalue weighted by atomic mass is 9.93. The Balaban J connectivity index is 1.89. The van der Waals surface area contributed by atoms with E-state index in [4.69, 9.17) is 5.73 Å². The number of nitrogens with zero attached hydrogens (tertiary/aromatic N) is 2. The molecular weight excluding hydrogens is 314 g/mol. The summed E-state index contributed by atoms with van der Waals surface area (Å²) >= 11 is 0. The maximum absolute atomic E-state index is 12.8. The van der Waals surface area contributed by atoms with Gasteiger partial charge in [0, 0.05) is 38.1 Å². The Hall–Kier alpha value is -0.660. The van der Waals surface area contributed by atoms with E-state index >= 15 is 0 Å². The standard InChI is InChI=1S/C16H31N3O3S/c1-2-3-12-23(21,22)18-10-7-14(8-11-18)16(20)19-9-5-4-6-15(19)13-17/h14-15H,2-13,17H2,1H3. The van der Waals surface area contributed by atoms with E-state index in [0.29, 0.717) is 38.9 Å². The summed E-state index contributed by atoms with van der Waals surface area (Å²) in [6, 6.07) is 0.169. The molecule has 1 unspecified atom stereocenters. The highest BCUT2D eigenvalue weighted by molar-refractivity contribution is 7.89. The van der Waals surface area contributed by atoms with Crippen LogP contribution in [0.15, 0.2) is 0 Å². The number of unbranched alkanes of at least 4 members (excludes halogenated alkanes) is 1. The average molecular weight is 346 g/mol. The topological polar surface area (TPSA) is 83.7 Å². The van der Waals surface area contributed by atoms with Crippen molar-refractivity contribution in [1.82, 2.24) is 9.21 Å². The van der Waals surface area contributed by atoms with E-state index in [0.717, 1.165) is 32.2 Å². The summed E-state index contributed by atoms with van der Waals surface area (Å²) in [4.78, 5) is 14.7. The number of rotatable bonds is 6. The van der Waals surface area contributed by atoms with Crippen molar-refractivity contribution in [2.45, 2.75) is 57.9 Å². The lowest BCUT2D eigenvalue weighted by molar-refractivity contribution is -0.140. The Labute approximate surface area is 140 Å². The molecule has 6 nitrogen and oxygen atoms in total. The lowest BCUT2D eigenvalue weighted by Gasteiger charge is -2.39. The summed E-state index contributed by atoms with van der Waals surface area (Å²) in [5.74, 6) is 0.370. The predicted molar refractivity (Wildman–Crippen MR) is 91.4 cm³/mol. The highest BCUT2D eigenvalue weighted by Crippen LogP contribution is 2.25. The first-order valence-electron chi connectivity index (χ1n) is 8.98. The smallest absolute Gasteiger partial charge is 0.226 e. The number of carbonyl (C=O) groups is 1. The fraction of sp³-hybridized carbons (Fsp3) is 0.938. The van der Waals surface area contributed by atoms with Crippen LogP contribution in [0, 0.1) is 5.92 Å². The highest BCUT2D eigenvalue weighted by Gasteiger charge is 2.35. The molecule has 0 saturated carbocycles. The van der Waals surface area contributed by atoms with Crippen molar-refractivity contribution in [3.63, 3.8) is 0 Å². The maximum Gasteiger partial charge on any atom is 0.226 e. The van der Waals surface area contributed by atoms with Crippen molar-refractivity contribution in [3.8, 4) is 0 Å². The molecule has 1 atom stereocenters. The minimum Gasteiger partial charge on any atom is -0.338 e. The molecule has 1 amide bonds. The Bertz CT molecular complexity index is 487. The van der Waals surface area contributed by atoms with Crippen molar-refractivity contribution in [2.75, 3.05) is 31.9 Å². The van der Waals surface area contributed by atoms with Crippen LogP contribution in [0.25, 0.3) is 0 Å². The molecule has 0 spiro atoms. The van der Waals surface area contributed by atoms with Crippen LogP contribution >= 0.6 is 0 Å². The van der Waals surface area contributed by atoms with Crippen LogP contribution in [0.5, 0.6) is 0 Å². The van der Waals surface area contributed by atoms with Gasteiger partial charge in [0.2, 0.25) is 15.9 Å². The summed E-state index contributed by atoms with van der Waals surface area (Å²) in [6.45, 7) is 4.27. The fourth-order valence-electron chi connectivity index (χ4n) is 3.61. The Morgan fingerprint density at radius 2 is 1.83 bits per heavy atom. The number of hydrogen-bond donors (Lipinski definition) is 1. The number of nitrogens with two attached hydrogens (primary N) is 1. The van der Waals surface area contributed by atoms with Crippen LogP contribution in [0.3, 0.4) is 0 Å². The van der Waals surface area contributed by atoms with Crippen LogP contribution in [0.2, 0.25) is 0 Å². The zero-order valence-electron chi connectivity index (χ0n) is 14.2. The molecule has 23 heavy (non-hydrogen) atoms. The van der Waals surface area contributed by atoms with Gasteiger partial charge in [-0.3, -0.25) is 4.79 Å². The second kappa shape index (κ2) is 8.44. The monoisotopic (exact) mass is 345 g/mol. The van der Waals surface area contributed by atoms with E-state index in [1.165, 1.54) is 0 Å². The van der Waals surface area contributed by atoms with Gasteiger partial charge in [-0.15, -0.1) is 0 Å². The molecule has 2 rings (SSSR count). The van der Waals surface area contributed by atoms with Crippen LogP contribution in [-0.4, -0.2) is 61.5 Å². The van der Waals surface area contributed by atoms with Gasteiger partial charge in [-0.25, -0.2) is 12.7 Å². The zero-order valence-corrected chi connectivity index (χ0v) is 15.1. The molecule has 2 aliphatic rings. The summed E-state index contributed by atoms with van der Waals surface area (Å²) in [6.07, 6.45) is 6.03. The van der Waals surface area contributed by atoms with Gasteiger partial charge in [0.1, 0.15) is 0 Å². The summed E-state index contributed by atoms with van der Waals surface area (Å²) in [5, 5.41) is 0. The van der Waals surface area contributed by atoms with E-state index in [-0.39, 0.29) is 23.6 Å². The molecule has 2 heterocycles. The molecular formula is C16H31N3O3S.